The third-order valence-corrected chi connectivity index (χ3v) is 2.69. The van der Waals surface area contributed by atoms with Crippen LogP contribution in [0.15, 0.2) is 6.33 Å². The van der Waals surface area contributed by atoms with Crippen LogP contribution in [-0.4, -0.2) is 31.0 Å². The Hall–Kier alpha value is -1.72. The van der Waals surface area contributed by atoms with Crippen LogP contribution in [-0.2, 0) is 0 Å². The second-order valence-corrected chi connectivity index (χ2v) is 4.48. The van der Waals surface area contributed by atoms with Gasteiger partial charge < -0.3 is 5.32 Å². The molecule has 0 saturated heterocycles. The Morgan fingerprint density at radius 1 is 1.29 bits per heavy atom. The van der Waals surface area contributed by atoms with Gasteiger partial charge in [-0.05, 0) is 27.2 Å². The van der Waals surface area contributed by atoms with Gasteiger partial charge in [0, 0.05) is 6.04 Å². The molecular weight excluding hydrogens is 216 g/mol. The number of aromatic nitrogens is 5. The van der Waals surface area contributed by atoms with Crippen LogP contribution in [0, 0.1) is 0 Å². The highest BCUT2D eigenvalue weighted by Crippen LogP contribution is 2.20. The van der Waals surface area contributed by atoms with Crippen molar-refractivity contribution in [3.63, 3.8) is 0 Å². The molecule has 92 valence electrons. The molecule has 2 rings (SSSR count). The summed E-state index contributed by atoms with van der Waals surface area (Å²) in [4.78, 5) is 8.47. The second kappa shape index (κ2) is 4.65. The molecule has 17 heavy (non-hydrogen) atoms. The molecule has 6 heteroatoms. The SMILES string of the molecule is CCC(C)n1nnc2c(NC(C)C)ncnc21. The average Bonchev–Trinajstić information content (AvgIpc) is 2.72. The molecule has 0 aliphatic rings. The summed E-state index contributed by atoms with van der Waals surface area (Å²) in [6, 6.07) is 0.601. The van der Waals surface area contributed by atoms with E-state index in [0.29, 0.717) is 12.1 Å². The predicted octanol–water partition coefficient (Wildman–Crippen LogP) is 2.01. The number of fused-ring (bicyclic) bond motifs is 1. The summed E-state index contributed by atoms with van der Waals surface area (Å²) in [5.41, 5.74) is 1.53. The topological polar surface area (TPSA) is 68.5 Å². The Labute approximate surface area is 100 Å². The number of nitrogens with one attached hydrogen (secondary N) is 1. The van der Waals surface area contributed by atoms with Gasteiger partial charge >= 0.3 is 0 Å². The minimum Gasteiger partial charge on any atom is -0.366 e. The van der Waals surface area contributed by atoms with Crippen LogP contribution >= 0.6 is 0 Å². The molecule has 0 aliphatic carbocycles. The Balaban J connectivity index is 2.49. The van der Waals surface area contributed by atoms with Crippen molar-refractivity contribution < 1.29 is 0 Å². The van der Waals surface area contributed by atoms with Crippen LogP contribution in [0.25, 0.3) is 11.2 Å². The van der Waals surface area contributed by atoms with Crippen LogP contribution < -0.4 is 5.32 Å². The first kappa shape index (κ1) is 11.8. The highest BCUT2D eigenvalue weighted by atomic mass is 15.5. The summed E-state index contributed by atoms with van der Waals surface area (Å²) in [5.74, 6) is 0.750. The summed E-state index contributed by atoms with van der Waals surface area (Å²) in [7, 11) is 0. The van der Waals surface area contributed by atoms with Crippen molar-refractivity contribution in [2.45, 2.75) is 46.2 Å². The van der Waals surface area contributed by atoms with Crippen molar-refractivity contribution in [2.24, 2.45) is 0 Å². The number of rotatable bonds is 4. The molecule has 2 aromatic rings. The highest BCUT2D eigenvalue weighted by Gasteiger charge is 2.14. The number of hydrogen-bond acceptors (Lipinski definition) is 5. The van der Waals surface area contributed by atoms with Crippen LogP contribution in [0.3, 0.4) is 0 Å². The molecule has 2 aromatic heterocycles. The maximum absolute atomic E-state index is 4.26. The Kier molecular flexibility index (Phi) is 3.21. The molecule has 0 saturated carbocycles. The number of hydrogen-bond donors (Lipinski definition) is 1. The van der Waals surface area contributed by atoms with Crippen LogP contribution in [0.2, 0.25) is 0 Å². The summed E-state index contributed by atoms with van der Waals surface area (Å²) < 4.78 is 1.85. The average molecular weight is 234 g/mol. The fourth-order valence-electron chi connectivity index (χ4n) is 1.61. The lowest BCUT2D eigenvalue weighted by molar-refractivity contribution is 0.475. The van der Waals surface area contributed by atoms with Gasteiger partial charge in [-0.25, -0.2) is 14.6 Å². The van der Waals surface area contributed by atoms with E-state index in [4.69, 9.17) is 0 Å². The predicted molar refractivity (Wildman–Crippen MR) is 66.9 cm³/mol. The zero-order valence-electron chi connectivity index (χ0n) is 10.7. The summed E-state index contributed by atoms with van der Waals surface area (Å²) >= 11 is 0. The Morgan fingerprint density at radius 2 is 2.06 bits per heavy atom. The van der Waals surface area contributed by atoms with E-state index in [-0.39, 0.29) is 0 Å². The van der Waals surface area contributed by atoms with Gasteiger partial charge in [0.05, 0.1) is 6.04 Å². The van der Waals surface area contributed by atoms with E-state index in [2.05, 4.69) is 53.3 Å². The first-order valence-electron chi connectivity index (χ1n) is 5.96. The zero-order valence-corrected chi connectivity index (χ0v) is 10.7. The quantitative estimate of drug-likeness (QED) is 0.876. The first-order chi connectivity index (χ1) is 8.13. The van der Waals surface area contributed by atoms with Crippen LogP contribution in [0.4, 0.5) is 5.82 Å². The van der Waals surface area contributed by atoms with E-state index in [1.807, 2.05) is 4.68 Å². The van der Waals surface area contributed by atoms with Crippen molar-refractivity contribution in [1.29, 1.82) is 0 Å². The monoisotopic (exact) mass is 234 g/mol. The van der Waals surface area contributed by atoms with Crippen molar-refractivity contribution in [3.8, 4) is 0 Å². The largest absolute Gasteiger partial charge is 0.366 e. The smallest absolute Gasteiger partial charge is 0.184 e. The maximum atomic E-state index is 4.26. The maximum Gasteiger partial charge on any atom is 0.184 e. The van der Waals surface area contributed by atoms with E-state index in [1.54, 1.807) is 6.33 Å². The summed E-state index contributed by atoms with van der Waals surface area (Å²) in [5, 5.41) is 11.6. The lowest BCUT2D eigenvalue weighted by Crippen LogP contribution is -2.12. The standard InChI is InChI=1S/C11H18N6/c1-5-8(4)17-11-9(15-16-17)10(12-6-13-11)14-7(2)3/h6-8H,5H2,1-4H3,(H,12,13,14). The van der Waals surface area contributed by atoms with Gasteiger partial charge in [-0.2, -0.15) is 0 Å². The first-order valence-corrected chi connectivity index (χ1v) is 5.96. The minimum atomic E-state index is 0.293. The van der Waals surface area contributed by atoms with Gasteiger partial charge in [-0.3, -0.25) is 0 Å². The van der Waals surface area contributed by atoms with E-state index >= 15 is 0 Å². The molecule has 2 heterocycles. The lowest BCUT2D eigenvalue weighted by atomic mass is 10.3. The van der Waals surface area contributed by atoms with Gasteiger partial charge in [-0.1, -0.05) is 12.1 Å². The van der Waals surface area contributed by atoms with Gasteiger partial charge in [0.1, 0.15) is 6.33 Å². The van der Waals surface area contributed by atoms with E-state index in [1.165, 1.54) is 0 Å². The molecule has 0 spiro atoms. The third-order valence-electron chi connectivity index (χ3n) is 2.69. The molecule has 0 aliphatic heterocycles. The zero-order chi connectivity index (χ0) is 12.4. The van der Waals surface area contributed by atoms with Crippen LogP contribution in [0.1, 0.15) is 40.2 Å². The number of nitrogens with zero attached hydrogens (tertiary/aromatic N) is 5. The fourth-order valence-corrected chi connectivity index (χ4v) is 1.61. The molecular formula is C11H18N6. The van der Waals surface area contributed by atoms with Gasteiger partial charge in [0.2, 0.25) is 0 Å². The summed E-state index contributed by atoms with van der Waals surface area (Å²) in [6.07, 6.45) is 2.55. The van der Waals surface area contributed by atoms with Gasteiger partial charge in [0.25, 0.3) is 0 Å². The Morgan fingerprint density at radius 3 is 2.71 bits per heavy atom. The van der Waals surface area contributed by atoms with Crippen molar-refractivity contribution in [1.82, 2.24) is 25.0 Å². The molecule has 0 bridgehead atoms. The van der Waals surface area contributed by atoms with Crippen molar-refractivity contribution in [2.75, 3.05) is 5.32 Å². The fraction of sp³-hybridized carbons (Fsp3) is 0.636. The van der Waals surface area contributed by atoms with Gasteiger partial charge in [0.15, 0.2) is 17.0 Å². The molecule has 1 atom stereocenters. The van der Waals surface area contributed by atoms with Crippen molar-refractivity contribution in [3.05, 3.63) is 6.33 Å². The van der Waals surface area contributed by atoms with Gasteiger partial charge in [-0.15, -0.1) is 5.10 Å². The highest BCUT2D eigenvalue weighted by molar-refractivity contribution is 5.81. The molecule has 0 radical (unpaired) electrons. The lowest BCUT2D eigenvalue weighted by Gasteiger charge is -2.10. The molecule has 0 amide bonds. The number of anilines is 1. The van der Waals surface area contributed by atoms with E-state index < -0.39 is 0 Å². The van der Waals surface area contributed by atoms with Crippen LogP contribution in [0.5, 0.6) is 0 Å². The molecule has 1 unspecified atom stereocenters. The minimum absolute atomic E-state index is 0.293. The van der Waals surface area contributed by atoms with Crippen molar-refractivity contribution >= 4 is 17.0 Å². The second-order valence-electron chi connectivity index (χ2n) is 4.48. The summed E-state index contributed by atoms with van der Waals surface area (Å²) in [6.45, 7) is 8.35. The normalized spacial score (nSPS) is 13.2. The third kappa shape index (κ3) is 2.20. The van der Waals surface area contributed by atoms with E-state index in [0.717, 1.165) is 23.4 Å². The Bertz CT molecular complexity index is 504. The van der Waals surface area contributed by atoms with E-state index in [9.17, 15) is 0 Å². The molecule has 0 aromatic carbocycles. The molecule has 1 N–H and O–H groups in total. The molecule has 0 fully saturated rings. The molecule has 6 nitrogen and oxygen atoms in total.